The zero-order chi connectivity index (χ0) is 12.6. The number of allylic oxidation sites excluding steroid dienone is 3. The fraction of sp³-hybridized carbons (Fsp3) is 0.667. The number of fused-ring (bicyclic) bond motifs is 1. The Balaban J connectivity index is 1.95. The van der Waals surface area contributed by atoms with Gasteiger partial charge in [0, 0.05) is 5.57 Å². The smallest absolute Gasteiger partial charge is 0.330 e. The summed E-state index contributed by atoms with van der Waals surface area (Å²) in [5, 5.41) is 8.81. The minimum absolute atomic E-state index is 0.425. The highest BCUT2D eigenvalue weighted by molar-refractivity contribution is 5.85. The molecule has 0 spiro atoms. The number of carboxylic acids is 1. The maximum Gasteiger partial charge on any atom is 0.330 e. The topological polar surface area (TPSA) is 37.3 Å². The third-order valence-electron chi connectivity index (χ3n) is 4.99. The molecule has 2 bridgehead atoms. The van der Waals surface area contributed by atoms with Gasteiger partial charge in [-0.25, -0.2) is 4.79 Å². The predicted molar refractivity (Wildman–Crippen MR) is 68.7 cm³/mol. The molecule has 0 aromatic heterocycles. The fourth-order valence-corrected chi connectivity index (χ4v) is 3.55. The maximum atomic E-state index is 10.7. The monoisotopic (exact) mass is 234 g/mol. The van der Waals surface area contributed by atoms with Crippen LogP contribution in [0, 0.1) is 17.3 Å². The van der Waals surface area contributed by atoms with Crippen molar-refractivity contribution >= 4 is 5.97 Å². The molecule has 0 heterocycles. The normalized spacial score (nSPS) is 36.2. The number of rotatable bonds is 4. The van der Waals surface area contributed by atoms with Gasteiger partial charge in [-0.1, -0.05) is 24.6 Å². The number of carbonyl (C=O) groups is 1. The van der Waals surface area contributed by atoms with E-state index in [-0.39, 0.29) is 0 Å². The highest BCUT2D eigenvalue weighted by Gasteiger charge is 2.52. The molecule has 3 rings (SSSR count). The van der Waals surface area contributed by atoms with Crippen molar-refractivity contribution in [3.05, 3.63) is 23.3 Å². The first-order valence-electron chi connectivity index (χ1n) is 6.52. The van der Waals surface area contributed by atoms with Gasteiger partial charge in [-0.3, -0.25) is 0 Å². The summed E-state index contributed by atoms with van der Waals surface area (Å²) in [7, 11) is 0. The minimum atomic E-state index is -0.792. The second-order valence-electron chi connectivity index (χ2n) is 5.91. The molecule has 1 N–H and O–H groups in total. The van der Waals surface area contributed by atoms with Crippen LogP contribution in [0.15, 0.2) is 23.3 Å². The van der Waals surface area contributed by atoms with Gasteiger partial charge in [0.1, 0.15) is 0 Å². The van der Waals surface area contributed by atoms with Crippen LogP contribution in [0.4, 0.5) is 0 Å². The Morgan fingerprint density at radius 2 is 2.35 bits per heavy atom. The molecule has 0 aromatic carbocycles. The van der Waals surface area contributed by atoms with Gasteiger partial charge in [0.15, 0.2) is 0 Å². The molecule has 3 aliphatic rings. The van der Waals surface area contributed by atoms with E-state index >= 15 is 0 Å². The Morgan fingerprint density at radius 1 is 1.65 bits per heavy atom. The van der Waals surface area contributed by atoms with Crippen LogP contribution >= 0.6 is 0 Å². The average Bonchev–Trinajstić information content (AvgIpc) is 2.27. The van der Waals surface area contributed by atoms with Crippen molar-refractivity contribution < 1.29 is 9.90 Å². The Bertz CT molecular complexity index is 392. The minimum Gasteiger partial charge on any atom is -0.478 e. The summed E-state index contributed by atoms with van der Waals surface area (Å²) in [5.74, 6) is 0.787. The summed E-state index contributed by atoms with van der Waals surface area (Å²) < 4.78 is 0. The molecule has 2 heteroatoms. The average molecular weight is 234 g/mol. The van der Waals surface area contributed by atoms with Crippen LogP contribution in [0.5, 0.6) is 0 Å². The summed E-state index contributed by atoms with van der Waals surface area (Å²) in [6.07, 6.45) is 8.85. The van der Waals surface area contributed by atoms with E-state index in [1.807, 2.05) is 6.08 Å². The predicted octanol–water partition coefficient (Wildman–Crippen LogP) is 3.79. The maximum absolute atomic E-state index is 10.7. The quantitative estimate of drug-likeness (QED) is 0.593. The van der Waals surface area contributed by atoms with Crippen LogP contribution in [0.1, 0.15) is 46.5 Å². The van der Waals surface area contributed by atoms with Crippen molar-refractivity contribution in [3.8, 4) is 0 Å². The van der Waals surface area contributed by atoms with Crippen LogP contribution in [-0.4, -0.2) is 11.1 Å². The van der Waals surface area contributed by atoms with Gasteiger partial charge in [-0.05, 0) is 56.8 Å². The van der Waals surface area contributed by atoms with Crippen molar-refractivity contribution in [2.75, 3.05) is 0 Å². The Hall–Kier alpha value is -1.05. The van der Waals surface area contributed by atoms with E-state index in [0.29, 0.717) is 11.0 Å². The molecular formula is C15H22O2. The van der Waals surface area contributed by atoms with E-state index in [4.69, 9.17) is 5.11 Å². The zero-order valence-electron chi connectivity index (χ0n) is 11.0. The van der Waals surface area contributed by atoms with Crippen LogP contribution < -0.4 is 0 Å². The highest BCUT2D eigenvalue weighted by atomic mass is 16.4. The molecule has 1 saturated carbocycles. The molecule has 0 saturated heterocycles. The van der Waals surface area contributed by atoms with E-state index in [0.717, 1.165) is 24.7 Å². The van der Waals surface area contributed by atoms with Gasteiger partial charge in [-0.15, -0.1) is 0 Å². The Kier molecular flexibility index (Phi) is 3.15. The first kappa shape index (κ1) is 12.4. The van der Waals surface area contributed by atoms with Crippen molar-refractivity contribution in [3.63, 3.8) is 0 Å². The number of hydrogen-bond acceptors (Lipinski definition) is 1. The lowest BCUT2D eigenvalue weighted by molar-refractivity contribution is -0.132. The summed E-state index contributed by atoms with van der Waals surface area (Å²) >= 11 is 0. The summed E-state index contributed by atoms with van der Waals surface area (Å²) in [5.41, 5.74) is 2.45. The Morgan fingerprint density at radius 3 is 2.88 bits per heavy atom. The zero-order valence-corrected chi connectivity index (χ0v) is 11.0. The van der Waals surface area contributed by atoms with Crippen molar-refractivity contribution in [2.24, 2.45) is 17.3 Å². The molecule has 3 aliphatic carbocycles. The first-order chi connectivity index (χ1) is 7.95. The molecule has 1 fully saturated rings. The molecule has 0 radical (unpaired) electrons. The van der Waals surface area contributed by atoms with E-state index < -0.39 is 5.97 Å². The molecule has 1 unspecified atom stereocenters. The lowest BCUT2D eigenvalue weighted by Gasteiger charge is -2.58. The van der Waals surface area contributed by atoms with Crippen molar-refractivity contribution in [1.82, 2.24) is 0 Å². The first-order valence-corrected chi connectivity index (χ1v) is 6.52. The van der Waals surface area contributed by atoms with E-state index in [1.54, 1.807) is 12.5 Å². The van der Waals surface area contributed by atoms with E-state index in [2.05, 4.69) is 19.9 Å². The molecule has 0 aromatic rings. The van der Waals surface area contributed by atoms with Gasteiger partial charge in [0.25, 0.3) is 0 Å². The van der Waals surface area contributed by atoms with Gasteiger partial charge < -0.3 is 5.11 Å². The third kappa shape index (κ3) is 2.05. The second-order valence-corrected chi connectivity index (χ2v) is 5.91. The van der Waals surface area contributed by atoms with Gasteiger partial charge in [0.2, 0.25) is 0 Å². The second kappa shape index (κ2) is 4.32. The van der Waals surface area contributed by atoms with Gasteiger partial charge in [0.05, 0.1) is 0 Å². The molecule has 0 aliphatic heterocycles. The number of aliphatic carboxylic acids is 1. The van der Waals surface area contributed by atoms with Crippen LogP contribution in [0.25, 0.3) is 0 Å². The highest BCUT2D eigenvalue weighted by Crippen LogP contribution is 2.61. The standard InChI is InChI=1S/C15H22O2/c1-10-6-7-12-9-13(10)15(12,3)8-4-5-11(2)14(16)17/h5-6,12-13H,4,7-9H2,1-3H3,(H,16,17)/b11-5+/t12-,13-,15?/m0/s1. The molecule has 2 nitrogen and oxygen atoms in total. The summed E-state index contributed by atoms with van der Waals surface area (Å²) in [6.45, 7) is 6.31. The molecular weight excluding hydrogens is 212 g/mol. The summed E-state index contributed by atoms with van der Waals surface area (Å²) in [4.78, 5) is 10.7. The van der Waals surface area contributed by atoms with Crippen LogP contribution in [-0.2, 0) is 4.79 Å². The Labute approximate surface area is 103 Å². The summed E-state index contributed by atoms with van der Waals surface area (Å²) in [6, 6.07) is 0. The number of carboxylic acid groups (broad SMARTS) is 1. The van der Waals surface area contributed by atoms with E-state index in [9.17, 15) is 4.79 Å². The van der Waals surface area contributed by atoms with Gasteiger partial charge in [-0.2, -0.15) is 0 Å². The van der Waals surface area contributed by atoms with Crippen molar-refractivity contribution in [1.29, 1.82) is 0 Å². The van der Waals surface area contributed by atoms with Crippen molar-refractivity contribution in [2.45, 2.75) is 46.5 Å². The molecule has 0 amide bonds. The lowest BCUT2D eigenvalue weighted by Crippen LogP contribution is -2.49. The van der Waals surface area contributed by atoms with Gasteiger partial charge >= 0.3 is 5.97 Å². The number of hydrogen-bond donors (Lipinski definition) is 1. The largest absolute Gasteiger partial charge is 0.478 e. The fourth-order valence-electron chi connectivity index (χ4n) is 3.55. The van der Waals surface area contributed by atoms with Crippen LogP contribution in [0.2, 0.25) is 0 Å². The SMILES string of the molecule is CC1=CC[C@H]2C[C@@H]1C2(C)CC/C=C(\C)C(=O)O. The van der Waals surface area contributed by atoms with Crippen LogP contribution in [0.3, 0.4) is 0 Å². The third-order valence-corrected chi connectivity index (χ3v) is 4.99. The molecule has 3 atom stereocenters. The molecule has 94 valence electrons. The van der Waals surface area contributed by atoms with E-state index in [1.165, 1.54) is 12.8 Å². The molecule has 17 heavy (non-hydrogen) atoms. The lowest BCUT2D eigenvalue weighted by atomic mass is 9.47.